The van der Waals surface area contributed by atoms with Crippen LogP contribution in [-0.2, 0) is 6.42 Å². The van der Waals surface area contributed by atoms with Gasteiger partial charge < -0.3 is 5.32 Å². The molecule has 0 spiro atoms. The topological polar surface area (TPSA) is 12.0 Å². The fourth-order valence-corrected chi connectivity index (χ4v) is 4.39. The summed E-state index contributed by atoms with van der Waals surface area (Å²) >= 11 is 11.8. The molecule has 2 atom stereocenters. The largest absolute Gasteiger partial charge is 0.316 e. The van der Waals surface area contributed by atoms with Crippen molar-refractivity contribution in [1.29, 1.82) is 0 Å². The average Bonchev–Trinajstić information content (AvgIpc) is 2.81. The lowest BCUT2D eigenvalue weighted by atomic mass is 9.93. The Hall–Kier alpha value is 0.300. The van der Waals surface area contributed by atoms with Crippen molar-refractivity contribution in [2.24, 2.45) is 5.92 Å². The van der Waals surface area contributed by atoms with Gasteiger partial charge in [0.25, 0.3) is 0 Å². The molecule has 1 aromatic carbocycles. The van der Waals surface area contributed by atoms with Crippen LogP contribution in [0.5, 0.6) is 0 Å². The lowest BCUT2D eigenvalue weighted by Gasteiger charge is -2.23. The lowest BCUT2D eigenvalue weighted by Crippen LogP contribution is -2.35. The molecule has 2 rings (SSSR count). The van der Waals surface area contributed by atoms with Crippen LogP contribution >= 0.6 is 39.3 Å². The van der Waals surface area contributed by atoms with Gasteiger partial charge in [0.15, 0.2) is 0 Å². The van der Waals surface area contributed by atoms with Gasteiger partial charge in [0, 0.05) is 15.5 Å². The Balaban J connectivity index is 2.06. The first-order valence-corrected chi connectivity index (χ1v) is 8.22. The minimum Gasteiger partial charge on any atom is -0.316 e. The Bertz CT molecular complexity index is 380. The van der Waals surface area contributed by atoms with Crippen LogP contribution in [0, 0.1) is 5.92 Å². The molecule has 1 fully saturated rings. The van der Waals surface area contributed by atoms with E-state index in [-0.39, 0.29) is 0 Å². The van der Waals surface area contributed by atoms with E-state index >= 15 is 0 Å². The number of halogens is 2. The van der Waals surface area contributed by atoms with Gasteiger partial charge in [-0.1, -0.05) is 33.6 Å². The molecule has 1 aromatic rings. The second-order valence-corrected chi connectivity index (χ2v) is 6.93. The van der Waals surface area contributed by atoms with E-state index in [1.54, 1.807) is 0 Å². The van der Waals surface area contributed by atoms with Gasteiger partial charge in [-0.3, -0.25) is 0 Å². The molecule has 4 heteroatoms. The first-order chi connectivity index (χ1) is 8.20. The Labute approximate surface area is 121 Å². The standard InChI is InChI=1S/C13H17BrClNS/c1-16-13(10-4-5-17-8-10)6-9-2-3-11(14)7-12(9)15/h2-3,7,10,13,16H,4-6,8H2,1H3. The van der Waals surface area contributed by atoms with Crippen molar-refractivity contribution in [2.75, 3.05) is 18.6 Å². The molecule has 1 saturated heterocycles. The van der Waals surface area contributed by atoms with E-state index < -0.39 is 0 Å². The lowest BCUT2D eigenvalue weighted by molar-refractivity contribution is 0.404. The van der Waals surface area contributed by atoms with Gasteiger partial charge in [-0.05, 0) is 55.0 Å². The minimum atomic E-state index is 0.545. The van der Waals surface area contributed by atoms with E-state index in [4.69, 9.17) is 11.6 Å². The molecule has 94 valence electrons. The summed E-state index contributed by atoms with van der Waals surface area (Å²) in [4.78, 5) is 0. The van der Waals surface area contributed by atoms with Crippen LogP contribution in [0.15, 0.2) is 22.7 Å². The molecule has 1 N–H and O–H groups in total. The van der Waals surface area contributed by atoms with Crippen molar-refractivity contribution < 1.29 is 0 Å². The highest BCUT2D eigenvalue weighted by molar-refractivity contribution is 9.10. The molecule has 0 amide bonds. The van der Waals surface area contributed by atoms with Crippen LogP contribution in [-0.4, -0.2) is 24.6 Å². The van der Waals surface area contributed by atoms with E-state index in [1.165, 1.54) is 23.5 Å². The predicted octanol–water partition coefficient (Wildman–Crippen LogP) is 3.99. The second kappa shape index (κ2) is 6.46. The number of hydrogen-bond donors (Lipinski definition) is 1. The summed E-state index contributed by atoms with van der Waals surface area (Å²) in [5.41, 5.74) is 1.24. The Morgan fingerprint density at radius 2 is 2.41 bits per heavy atom. The van der Waals surface area contributed by atoms with Crippen molar-refractivity contribution in [3.63, 3.8) is 0 Å². The van der Waals surface area contributed by atoms with E-state index in [0.29, 0.717) is 6.04 Å². The maximum Gasteiger partial charge on any atom is 0.0449 e. The van der Waals surface area contributed by atoms with Gasteiger partial charge in [-0.25, -0.2) is 0 Å². The maximum absolute atomic E-state index is 6.27. The summed E-state index contributed by atoms with van der Waals surface area (Å²) in [5.74, 6) is 3.36. The Kier molecular flexibility index (Phi) is 5.22. The summed E-state index contributed by atoms with van der Waals surface area (Å²) in [7, 11) is 2.06. The summed E-state index contributed by atoms with van der Waals surface area (Å²) in [6.07, 6.45) is 2.35. The first kappa shape index (κ1) is 13.7. The van der Waals surface area contributed by atoms with Crippen LogP contribution in [0.25, 0.3) is 0 Å². The number of likely N-dealkylation sites (N-methyl/N-ethyl adjacent to an activating group) is 1. The van der Waals surface area contributed by atoms with Crippen LogP contribution in [0.1, 0.15) is 12.0 Å². The molecule has 1 heterocycles. The smallest absolute Gasteiger partial charge is 0.0449 e. The predicted molar refractivity (Wildman–Crippen MR) is 81.1 cm³/mol. The number of benzene rings is 1. The van der Waals surface area contributed by atoms with Crippen LogP contribution in [0.3, 0.4) is 0 Å². The van der Waals surface area contributed by atoms with Gasteiger partial charge in [-0.2, -0.15) is 11.8 Å². The number of rotatable bonds is 4. The summed E-state index contributed by atoms with van der Waals surface area (Å²) < 4.78 is 1.05. The molecule has 1 aliphatic rings. The van der Waals surface area contributed by atoms with E-state index in [2.05, 4.69) is 52.2 Å². The second-order valence-electron chi connectivity index (χ2n) is 4.46. The zero-order chi connectivity index (χ0) is 12.3. The quantitative estimate of drug-likeness (QED) is 0.893. The third-order valence-electron chi connectivity index (χ3n) is 3.36. The molecule has 1 aliphatic heterocycles. The molecule has 0 aromatic heterocycles. The normalized spacial score (nSPS) is 21.7. The number of hydrogen-bond acceptors (Lipinski definition) is 2. The zero-order valence-corrected chi connectivity index (χ0v) is 13.0. The minimum absolute atomic E-state index is 0.545. The van der Waals surface area contributed by atoms with Crippen molar-refractivity contribution in [1.82, 2.24) is 5.32 Å². The first-order valence-electron chi connectivity index (χ1n) is 5.89. The van der Waals surface area contributed by atoms with Gasteiger partial charge in [0.05, 0.1) is 0 Å². The molecule has 17 heavy (non-hydrogen) atoms. The van der Waals surface area contributed by atoms with Crippen LogP contribution in [0.2, 0.25) is 5.02 Å². The Morgan fingerprint density at radius 3 is 3.00 bits per heavy atom. The SMILES string of the molecule is CNC(Cc1ccc(Br)cc1Cl)C1CCSC1. The highest BCUT2D eigenvalue weighted by Gasteiger charge is 2.24. The third-order valence-corrected chi connectivity index (χ3v) is 5.39. The molecule has 0 bridgehead atoms. The fraction of sp³-hybridized carbons (Fsp3) is 0.538. The molecule has 0 radical (unpaired) electrons. The summed E-state index contributed by atoms with van der Waals surface area (Å²) in [5, 5.41) is 4.32. The summed E-state index contributed by atoms with van der Waals surface area (Å²) in [6.45, 7) is 0. The molecular weight excluding hydrogens is 318 g/mol. The Morgan fingerprint density at radius 1 is 1.59 bits per heavy atom. The zero-order valence-electron chi connectivity index (χ0n) is 9.88. The highest BCUT2D eigenvalue weighted by Crippen LogP contribution is 2.29. The van der Waals surface area contributed by atoms with Crippen molar-refractivity contribution >= 4 is 39.3 Å². The number of thioether (sulfide) groups is 1. The van der Waals surface area contributed by atoms with E-state index in [9.17, 15) is 0 Å². The molecule has 1 nitrogen and oxygen atoms in total. The van der Waals surface area contributed by atoms with Gasteiger partial charge >= 0.3 is 0 Å². The van der Waals surface area contributed by atoms with E-state index in [1.807, 2.05) is 6.07 Å². The monoisotopic (exact) mass is 333 g/mol. The highest BCUT2D eigenvalue weighted by atomic mass is 79.9. The maximum atomic E-state index is 6.27. The third kappa shape index (κ3) is 3.63. The number of nitrogens with one attached hydrogen (secondary N) is 1. The summed E-state index contributed by atoms with van der Waals surface area (Å²) in [6, 6.07) is 6.71. The van der Waals surface area contributed by atoms with Crippen molar-refractivity contribution in [3.05, 3.63) is 33.3 Å². The van der Waals surface area contributed by atoms with Crippen LogP contribution in [0.4, 0.5) is 0 Å². The molecule has 0 aliphatic carbocycles. The molecule has 2 unspecified atom stereocenters. The molecular formula is C13H17BrClNS. The fourth-order valence-electron chi connectivity index (χ4n) is 2.30. The molecule has 0 saturated carbocycles. The van der Waals surface area contributed by atoms with Crippen molar-refractivity contribution in [2.45, 2.75) is 18.9 Å². The van der Waals surface area contributed by atoms with Gasteiger partial charge in [0.1, 0.15) is 0 Å². The van der Waals surface area contributed by atoms with Crippen molar-refractivity contribution in [3.8, 4) is 0 Å². The average molecular weight is 335 g/mol. The van der Waals surface area contributed by atoms with E-state index in [0.717, 1.165) is 21.8 Å². The van der Waals surface area contributed by atoms with Crippen LogP contribution < -0.4 is 5.32 Å². The van der Waals surface area contributed by atoms with Gasteiger partial charge in [0.2, 0.25) is 0 Å². The van der Waals surface area contributed by atoms with Gasteiger partial charge in [-0.15, -0.1) is 0 Å².